The van der Waals surface area contributed by atoms with Crippen LogP contribution in [-0.2, 0) is 9.59 Å². The maximum absolute atomic E-state index is 12.2. The lowest BCUT2D eigenvalue weighted by Gasteiger charge is -2.08. The summed E-state index contributed by atoms with van der Waals surface area (Å²) >= 11 is 7.05. The third kappa shape index (κ3) is 4.77. The van der Waals surface area contributed by atoms with Crippen molar-refractivity contribution in [1.29, 1.82) is 0 Å². The van der Waals surface area contributed by atoms with Crippen LogP contribution in [0.5, 0.6) is 0 Å². The first kappa shape index (κ1) is 17.9. The van der Waals surface area contributed by atoms with Crippen LogP contribution < -0.4 is 10.6 Å². The molecular formula is C15H14ClN3O4S. The first-order chi connectivity index (χ1) is 11.4. The molecule has 0 aliphatic rings. The van der Waals surface area contributed by atoms with Gasteiger partial charge in [-0.15, -0.1) is 0 Å². The van der Waals surface area contributed by atoms with Crippen molar-refractivity contribution in [2.24, 2.45) is 0 Å². The molecule has 0 saturated heterocycles. The lowest BCUT2D eigenvalue weighted by atomic mass is 10.2. The van der Waals surface area contributed by atoms with Gasteiger partial charge in [-0.2, -0.15) is 0 Å². The molecule has 0 aliphatic carbocycles. The van der Waals surface area contributed by atoms with Gasteiger partial charge in [0.25, 0.3) is 5.91 Å². The van der Waals surface area contributed by atoms with Crippen LogP contribution in [0.3, 0.4) is 0 Å². The molecule has 0 aliphatic heterocycles. The lowest BCUT2D eigenvalue weighted by Crippen LogP contribution is -2.13. The van der Waals surface area contributed by atoms with Crippen LogP contribution in [0.15, 0.2) is 24.4 Å². The van der Waals surface area contributed by atoms with E-state index in [1.165, 1.54) is 6.20 Å². The minimum absolute atomic E-state index is 0.157. The summed E-state index contributed by atoms with van der Waals surface area (Å²) in [6.45, 7) is 1.82. The highest BCUT2D eigenvalue weighted by Crippen LogP contribution is 2.27. The number of hydrogen-bond acceptors (Lipinski definition) is 5. The fourth-order valence-electron chi connectivity index (χ4n) is 1.80. The number of para-hydroxylation sites is 1. The molecule has 2 amide bonds. The van der Waals surface area contributed by atoms with Crippen LogP contribution in [0.25, 0.3) is 0 Å². The van der Waals surface area contributed by atoms with E-state index in [-0.39, 0.29) is 18.0 Å². The zero-order chi connectivity index (χ0) is 17.7. The molecule has 0 spiro atoms. The molecule has 24 heavy (non-hydrogen) atoms. The number of carboxylic acid groups (broad SMARTS) is 1. The van der Waals surface area contributed by atoms with Crippen LogP contribution in [0.2, 0.25) is 5.02 Å². The molecule has 7 nitrogen and oxygen atoms in total. The molecule has 0 bridgehead atoms. The van der Waals surface area contributed by atoms with E-state index in [1.807, 2.05) is 13.0 Å². The molecule has 0 radical (unpaired) electrons. The number of thiazole rings is 1. The summed E-state index contributed by atoms with van der Waals surface area (Å²) in [5, 5.41) is 14.4. The topological polar surface area (TPSA) is 108 Å². The second kappa shape index (κ2) is 7.89. The molecule has 2 aromatic rings. The minimum atomic E-state index is -1.06. The molecule has 0 fully saturated rings. The Hall–Kier alpha value is -2.45. The van der Waals surface area contributed by atoms with E-state index in [2.05, 4.69) is 15.6 Å². The first-order valence-corrected chi connectivity index (χ1v) is 8.10. The third-order valence-electron chi connectivity index (χ3n) is 3.00. The van der Waals surface area contributed by atoms with E-state index < -0.39 is 17.8 Å². The molecule has 2 rings (SSSR count). The van der Waals surface area contributed by atoms with Gasteiger partial charge in [-0.25, -0.2) is 4.98 Å². The molecular weight excluding hydrogens is 354 g/mol. The predicted octanol–water partition coefficient (Wildman–Crippen LogP) is 3.16. The van der Waals surface area contributed by atoms with Gasteiger partial charge >= 0.3 is 5.97 Å². The second-order valence-corrected chi connectivity index (χ2v) is 6.30. The Kier molecular flexibility index (Phi) is 5.88. The molecule has 1 heterocycles. The summed E-state index contributed by atoms with van der Waals surface area (Å²) in [6.07, 6.45) is 0.907. The second-order valence-electron chi connectivity index (χ2n) is 4.86. The number of nitrogens with zero attached hydrogens (tertiary/aromatic N) is 1. The van der Waals surface area contributed by atoms with Crippen molar-refractivity contribution in [1.82, 2.24) is 4.98 Å². The number of amides is 2. The zero-order valence-electron chi connectivity index (χ0n) is 12.6. The Morgan fingerprint density at radius 2 is 2.00 bits per heavy atom. The van der Waals surface area contributed by atoms with Crippen molar-refractivity contribution in [3.8, 4) is 0 Å². The Labute approximate surface area is 146 Å². The van der Waals surface area contributed by atoms with E-state index in [0.29, 0.717) is 15.6 Å². The Balaban J connectivity index is 2.01. The number of aliphatic carboxylic acids is 1. The molecule has 1 aromatic heterocycles. The zero-order valence-corrected chi connectivity index (χ0v) is 14.2. The van der Waals surface area contributed by atoms with Crippen molar-refractivity contribution in [2.75, 3.05) is 10.6 Å². The smallest absolute Gasteiger partial charge is 0.303 e. The van der Waals surface area contributed by atoms with Gasteiger partial charge in [0.15, 0.2) is 5.13 Å². The van der Waals surface area contributed by atoms with Crippen LogP contribution in [0.4, 0.5) is 10.8 Å². The van der Waals surface area contributed by atoms with Gasteiger partial charge in [0, 0.05) is 6.42 Å². The van der Waals surface area contributed by atoms with E-state index in [9.17, 15) is 14.4 Å². The van der Waals surface area contributed by atoms with Crippen LogP contribution >= 0.6 is 22.9 Å². The summed E-state index contributed by atoms with van der Waals surface area (Å²) in [5.74, 6) is -1.92. The molecule has 1 aromatic carbocycles. The number of carbonyl (C=O) groups is 3. The fraction of sp³-hybridized carbons (Fsp3) is 0.200. The minimum Gasteiger partial charge on any atom is -0.481 e. The highest BCUT2D eigenvalue weighted by atomic mass is 35.5. The van der Waals surface area contributed by atoms with Gasteiger partial charge in [0.2, 0.25) is 5.91 Å². The standard InChI is InChI=1S/C15H14ClN3O4S/c1-8-3-2-4-9(16)13(8)19-14(23)10-7-17-15(24-10)18-11(20)5-6-12(21)22/h2-4,7H,5-6H2,1H3,(H,19,23)(H,21,22)(H,17,18,20). The molecule has 9 heteroatoms. The molecule has 3 N–H and O–H groups in total. The van der Waals surface area contributed by atoms with Crippen LogP contribution in [0.1, 0.15) is 28.1 Å². The first-order valence-electron chi connectivity index (χ1n) is 6.90. The summed E-state index contributed by atoms with van der Waals surface area (Å²) in [5.41, 5.74) is 1.34. The molecule has 126 valence electrons. The maximum atomic E-state index is 12.2. The van der Waals surface area contributed by atoms with Crippen molar-refractivity contribution in [2.45, 2.75) is 19.8 Å². The number of rotatable bonds is 6. The van der Waals surface area contributed by atoms with E-state index in [4.69, 9.17) is 16.7 Å². The van der Waals surface area contributed by atoms with E-state index in [0.717, 1.165) is 16.9 Å². The van der Waals surface area contributed by atoms with E-state index in [1.54, 1.807) is 12.1 Å². The number of halogens is 1. The maximum Gasteiger partial charge on any atom is 0.303 e. The Bertz CT molecular complexity index is 771. The van der Waals surface area contributed by atoms with Crippen molar-refractivity contribution in [3.05, 3.63) is 39.9 Å². The number of nitrogens with one attached hydrogen (secondary N) is 2. The third-order valence-corrected chi connectivity index (χ3v) is 4.23. The number of benzene rings is 1. The molecule has 0 atom stereocenters. The van der Waals surface area contributed by atoms with Gasteiger partial charge in [-0.1, -0.05) is 35.1 Å². The fourth-order valence-corrected chi connectivity index (χ4v) is 2.80. The van der Waals surface area contributed by atoms with E-state index >= 15 is 0 Å². The number of aryl methyl sites for hydroxylation is 1. The quantitative estimate of drug-likeness (QED) is 0.726. The normalized spacial score (nSPS) is 10.2. The van der Waals surface area contributed by atoms with Crippen molar-refractivity contribution >= 4 is 51.5 Å². The molecule has 0 unspecified atom stereocenters. The summed E-state index contributed by atoms with van der Waals surface area (Å²) in [4.78, 5) is 38.4. The monoisotopic (exact) mass is 367 g/mol. The highest BCUT2D eigenvalue weighted by Gasteiger charge is 2.15. The summed E-state index contributed by atoms with van der Waals surface area (Å²) < 4.78 is 0. The number of carbonyl (C=O) groups excluding carboxylic acids is 2. The summed E-state index contributed by atoms with van der Waals surface area (Å²) in [7, 11) is 0. The lowest BCUT2D eigenvalue weighted by molar-refractivity contribution is -0.138. The van der Waals surface area contributed by atoms with Gasteiger partial charge in [0.1, 0.15) is 4.88 Å². The average Bonchev–Trinajstić information content (AvgIpc) is 2.97. The predicted molar refractivity (Wildman–Crippen MR) is 91.8 cm³/mol. The highest BCUT2D eigenvalue weighted by molar-refractivity contribution is 7.17. The van der Waals surface area contributed by atoms with Gasteiger partial charge in [-0.05, 0) is 18.6 Å². The average molecular weight is 368 g/mol. The number of carboxylic acids is 1. The van der Waals surface area contributed by atoms with Gasteiger partial charge < -0.3 is 15.7 Å². The SMILES string of the molecule is Cc1cccc(Cl)c1NC(=O)c1cnc(NC(=O)CCC(=O)O)s1. The summed E-state index contributed by atoms with van der Waals surface area (Å²) in [6, 6.07) is 5.28. The molecule has 0 saturated carbocycles. The number of aromatic nitrogens is 1. The van der Waals surface area contributed by atoms with Crippen LogP contribution in [-0.4, -0.2) is 27.9 Å². The number of hydrogen-bond donors (Lipinski definition) is 3. The number of anilines is 2. The Morgan fingerprint density at radius 3 is 2.67 bits per heavy atom. The Morgan fingerprint density at radius 1 is 1.25 bits per heavy atom. The van der Waals surface area contributed by atoms with Gasteiger partial charge in [0.05, 0.1) is 23.3 Å². The van der Waals surface area contributed by atoms with Crippen molar-refractivity contribution < 1.29 is 19.5 Å². The van der Waals surface area contributed by atoms with Gasteiger partial charge in [-0.3, -0.25) is 14.4 Å². The van der Waals surface area contributed by atoms with Crippen LogP contribution in [0, 0.1) is 6.92 Å². The van der Waals surface area contributed by atoms with Crippen molar-refractivity contribution in [3.63, 3.8) is 0 Å². The largest absolute Gasteiger partial charge is 0.481 e.